The van der Waals surface area contributed by atoms with Gasteiger partial charge in [0.25, 0.3) is 0 Å². The van der Waals surface area contributed by atoms with Crippen LogP contribution < -0.4 is 19.7 Å². The molecule has 43 heavy (non-hydrogen) atoms. The molecule has 1 fully saturated rings. The summed E-state index contributed by atoms with van der Waals surface area (Å²) in [5.74, 6) is -1.36. The average Bonchev–Trinajstić information content (AvgIpc) is 3.52. The number of halogens is 1. The van der Waals surface area contributed by atoms with Crippen molar-refractivity contribution < 1.29 is 23.9 Å². The molecule has 0 aromatic heterocycles. The Labute approximate surface area is 253 Å². The van der Waals surface area contributed by atoms with Gasteiger partial charge in [-0.25, -0.2) is 0 Å². The minimum Gasteiger partial charge on any atom is -0.497 e. The van der Waals surface area contributed by atoms with Crippen LogP contribution in [0.1, 0.15) is 31.8 Å². The molecule has 3 aliphatic heterocycles. The van der Waals surface area contributed by atoms with Gasteiger partial charge in [0.2, 0.25) is 5.91 Å². The topological polar surface area (TPSA) is 84.9 Å². The summed E-state index contributed by atoms with van der Waals surface area (Å²) in [5.41, 5.74) is 2.03. The molecular weight excluding hydrogens is 564 g/mol. The minimum atomic E-state index is -1.44. The molecule has 4 aromatic rings. The van der Waals surface area contributed by atoms with E-state index in [-0.39, 0.29) is 17.3 Å². The van der Waals surface area contributed by atoms with Crippen molar-refractivity contribution in [1.82, 2.24) is 0 Å². The second kappa shape index (κ2) is 10.1. The molecule has 8 heteroatoms. The van der Waals surface area contributed by atoms with Crippen molar-refractivity contribution in [2.24, 2.45) is 5.92 Å². The van der Waals surface area contributed by atoms with E-state index in [2.05, 4.69) is 5.32 Å². The fourth-order valence-corrected chi connectivity index (χ4v) is 7.28. The van der Waals surface area contributed by atoms with Crippen LogP contribution in [0.5, 0.6) is 11.5 Å². The Kier molecular flexibility index (Phi) is 6.36. The summed E-state index contributed by atoms with van der Waals surface area (Å²) < 4.78 is 11.1. The van der Waals surface area contributed by atoms with Gasteiger partial charge in [-0.2, -0.15) is 0 Å². The molecule has 1 amide bonds. The van der Waals surface area contributed by atoms with Crippen LogP contribution in [-0.4, -0.2) is 43.8 Å². The zero-order chi connectivity index (χ0) is 29.9. The second-order valence-electron chi connectivity index (χ2n) is 10.9. The molecule has 0 unspecified atom stereocenters. The van der Waals surface area contributed by atoms with Gasteiger partial charge in [-0.05, 0) is 53.6 Å². The lowest BCUT2D eigenvalue weighted by molar-refractivity contribution is -0.121. The van der Waals surface area contributed by atoms with Gasteiger partial charge in [-0.1, -0.05) is 72.3 Å². The summed E-state index contributed by atoms with van der Waals surface area (Å²) in [4.78, 5) is 46.3. The van der Waals surface area contributed by atoms with Crippen molar-refractivity contribution in [2.75, 3.05) is 24.4 Å². The Morgan fingerprint density at radius 3 is 2.42 bits per heavy atom. The van der Waals surface area contributed by atoms with Gasteiger partial charge in [0.15, 0.2) is 11.6 Å². The molecule has 0 bridgehead atoms. The maximum absolute atomic E-state index is 15.1. The van der Waals surface area contributed by atoms with Crippen LogP contribution in [0.15, 0.2) is 97.1 Å². The second-order valence-corrected chi connectivity index (χ2v) is 11.3. The Hall–Kier alpha value is -4.88. The Morgan fingerprint density at radius 1 is 0.884 bits per heavy atom. The van der Waals surface area contributed by atoms with Crippen molar-refractivity contribution >= 4 is 46.5 Å². The molecule has 7 rings (SSSR count). The van der Waals surface area contributed by atoms with E-state index in [1.165, 1.54) is 14.2 Å². The number of para-hydroxylation sites is 1. The molecule has 214 valence electrons. The Bertz CT molecular complexity index is 1840. The third-order valence-corrected chi connectivity index (χ3v) is 9.11. The minimum absolute atomic E-state index is 0.231. The number of anilines is 2. The number of ether oxygens (including phenoxy) is 2. The van der Waals surface area contributed by atoms with E-state index in [1.807, 2.05) is 59.5 Å². The largest absolute Gasteiger partial charge is 0.497 e. The number of hydrogen-bond acceptors (Lipinski definition) is 6. The number of nitrogens with zero attached hydrogens (tertiary/aromatic N) is 1. The molecule has 0 saturated carbocycles. The fraction of sp³-hybridized carbons (Fsp3) is 0.171. The van der Waals surface area contributed by atoms with Crippen molar-refractivity contribution in [1.29, 1.82) is 0 Å². The fourth-order valence-electron chi connectivity index (χ4n) is 7.10. The maximum atomic E-state index is 15.1. The third-order valence-electron chi connectivity index (χ3n) is 8.88. The van der Waals surface area contributed by atoms with Gasteiger partial charge in [-0.15, -0.1) is 0 Å². The third kappa shape index (κ3) is 3.85. The van der Waals surface area contributed by atoms with Gasteiger partial charge >= 0.3 is 0 Å². The average molecular weight is 591 g/mol. The number of hydrogen-bond donors (Lipinski definition) is 1. The standard InChI is InChI=1S/C35H27ClN2O5/c1-42-23-14-16-28(43-2)24(19-23)33(40)30-31(32(39)20-8-4-3-5-9-20)38-27-15-13-22(36)18-21(27)12-17-29(38)35(30)25-10-6-7-11-26(25)37-34(35)41/h3-19,29-31H,1-2H3,(H,37,41)/t29-,30+,31+,35+/m1/s1. The van der Waals surface area contributed by atoms with E-state index in [0.717, 1.165) is 11.3 Å². The highest BCUT2D eigenvalue weighted by molar-refractivity contribution is 6.31. The van der Waals surface area contributed by atoms with Crippen LogP contribution in [0.2, 0.25) is 5.02 Å². The highest BCUT2D eigenvalue weighted by Crippen LogP contribution is 2.58. The predicted octanol–water partition coefficient (Wildman–Crippen LogP) is 6.21. The quantitative estimate of drug-likeness (QED) is 0.269. The van der Waals surface area contributed by atoms with Gasteiger partial charge in [0, 0.05) is 22.0 Å². The molecule has 1 spiro atoms. The summed E-state index contributed by atoms with van der Waals surface area (Å²) in [6.45, 7) is 0. The van der Waals surface area contributed by atoms with Crippen LogP contribution in [-0.2, 0) is 10.2 Å². The van der Waals surface area contributed by atoms with Crippen LogP contribution in [0.25, 0.3) is 6.08 Å². The number of methoxy groups -OCH3 is 2. The molecule has 1 N–H and O–H groups in total. The zero-order valence-corrected chi connectivity index (χ0v) is 24.2. The van der Waals surface area contributed by atoms with E-state index in [1.54, 1.807) is 48.5 Å². The SMILES string of the molecule is COc1ccc(OC)c(C(=O)[C@@H]2[C@@H](C(=O)c3ccccc3)N3c4ccc(Cl)cc4C=C[C@@H]3[C@]23C(=O)Nc2ccccc23)c1. The number of amides is 1. The molecular formula is C35H27ClN2O5. The first kappa shape index (κ1) is 27.0. The van der Waals surface area contributed by atoms with Crippen molar-refractivity contribution in [2.45, 2.75) is 17.5 Å². The summed E-state index contributed by atoms with van der Waals surface area (Å²) in [7, 11) is 3.00. The lowest BCUT2D eigenvalue weighted by Crippen LogP contribution is -2.51. The molecule has 7 nitrogen and oxygen atoms in total. The number of carbonyl (C=O) groups is 3. The van der Waals surface area contributed by atoms with Crippen molar-refractivity contribution in [3.05, 3.63) is 124 Å². The number of carbonyl (C=O) groups excluding carboxylic acids is 3. The lowest BCUT2D eigenvalue weighted by atomic mass is 9.64. The van der Waals surface area contributed by atoms with E-state index in [9.17, 15) is 9.59 Å². The number of rotatable bonds is 6. The van der Waals surface area contributed by atoms with Crippen LogP contribution >= 0.6 is 11.6 Å². The molecule has 3 heterocycles. The lowest BCUT2D eigenvalue weighted by Gasteiger charge is -2.37. The molecule has 0 radical (unpaired) electrons. The first-order valence-electron chi connectivity index (χ1n) is 13.9. The number of Topliss-reactive ketones (excluding diaryl/α,β-unsaturated/α-hetero) is 2. The number of ketones is 2. The Balaban J connectivity index is 1.55. The molecule has 4 aromatic carbocycles. The number of nitrogens with one attached hydrogen (secondary N) is 1. The first-order valence-corrected chi connectivity index (χ1v) is 14.3. The predicted molar refractivity (Wildman–Crippen MR) is 165 cm³/mol. The molecule has 3 aliphatic rings. The smallest absolute Gasteiger partial charge is 0.238 e. The van der Waals surface area contributed by atoms with Crippen molar-refractivity contribution in [3.63, 3.8) is 0 Å². The normalized spacial score (nSPS) is 22.9. The molecule has 4 atom stereocenters. The molecule has 0 aliphatic carbocycles. The van der Waals surface area contributed by atoms with Crippen molar-refractivity contribution in [3.8, 4) is 11.5 Å². The van der Waals surface area contributed by atoms with E-state index >= 15 is 4.79 Å². The van der Waals surface area contributed by atoms with Gasteiger partial charge in [0.05, 0.1) is 31.7 Å². The van der Waals surface area contributed by atoms with Gasteiger partial charge < -0.3 is 19.7 Å². The zero-order valence-electron chi connectivity index (χ0n) is 23.4. The number of benzene rings is 4. The maximum Gasteiger partial charge on any atom is 0.238 e. The van der Waals surface area contributed by atoms with E-state index in [0.29, 0.717) is 33.3 Å². The monoisotopic (exact) mass is 590 g/mol. The van der Waals surface area contributed by atoms with Gasteiger partial charge in [-0.3, -0.25) is 14.4 Å². The highest BCUT2D eigenvalue weighted by atomic mass is 35.5. The van der Waals surface area contributed by atoms with Crippen LogP contribution in [0.3, 0.4) is 0 Å². The summed E-state index contributed by atoms with van der Waals surface area (Å²) >= 11 is 6.38. The van der Waals surface area contributed by atoms with E-state index in [4.69, 9.17) is 21.1 Å². The van der Waals surface area contributed by atoms with Crippen LogP contribution in [0, 0.1) is 5.92 Å². The summed E-state index contributed by atoms with van der Waals surface area (Å²) in [6, 6.07) is 25.0. The summed E-state index contributed by atoms with van der Waals surface area (Å²) in [6.07, 6.45) is 3.84. The summed E-state index contributed by atoms with van der Waals surface area (Å²) in [5, 5.41) is 3.58. The van der Waals surface area contributed by atoms with Gasteiger partial charge in [0.1, 0.15) is 23.0 Å². The number of fused-ring (bicyclic) bond motifs is 6. The van der Waals surface area contributed by atoms with Crippen LogP contribution in [0.4, 0.5) is 11.4 Å². The Morgan fingerprint density at radius 2 is 1.65 bits per heavy atom. The first-order chi connectivity index (χ1) is 20.9. The molecule has 1 saturated heterocycles. The highest BCUT2D eigenvalue weighted by Gasteiger charge is 2.70. The van der Waals surface area contributed by atoms with E-state index < -0.39 is 29.2 Å².